The number of amides is 8. The van der Waals surface area contributed by atoms with E-state index in [-0.39, 0.29) is 75.9 Å². The molecule has 8 amide bonds. The molecule has 0 fully saturated rings. The molecule has 0 rings (SSSR count). The number of nitrogens with two attached hydrogens (primary N) is 7. The van der Waals surface area contributed by atoms with Gasteiger partial charge in [-0.25, -0.2) is 0 Å². The maximum Gasteiger partial charge on any atom is 0.325 e. The van der Waals surface area contributed by atoms with E-state index in [0.29, 0.717) is 0 Å². The summed E-state index contributed by atoms with van der Waals surface area (Å²) in [6.07, 6.45) is -0.677. The van der Waals surface area contributed by atoms with Gasteiger partial charge in [-0.15, -0.1) is 0 Å². The van der Waals surface area contributed by atoms with Crippen LogP contribution < -0.4 is 72.0 Å². The number of guanidine groups is 2. The highest BCUT2D eigenvalue weighted by Gasteiger charge is 2.33. The fraction of sp³-hybridized carbons (Fsp3) is 0.667. The summed E-state index contributed by atoms with van der Waals surface area (Å²) in [6.45, 7) is 6.11. The second kappa shape index (κ2) is 26.6. The molecule has 0 aromatic carbocycles. The Balaban J connectivity index is 6.10. The first-order chi connectivity index (χ1) is 26.9. The Kier molecular flexibility index (Phi) is 23.7. The molecule has 0 aliphatic heterocycles. The molecule has 0 aliphatic carbocycles. The van der Waals surface area contributed by atoms with Crippen molar-refractivity contribution in [2.75, 3.05) is 13.1 Å². The number of carbonyl (C=O) groups excluding carboxylic acids is 8. The molecule has 328 valence electrons. The summed E-state index contributed by atoms with van der Waals surface area (Å²) in [6, 6.07) is -9.42. The molecule has 0 aromatic heterocycles. The van der Waals surface area contributed by atoms with Gasteiger partial charge >= 0.3 is 5.97 Å². The van der Waals surface area contributed by atoms with E-state index in [1.165, 1.54) is 13.8 Å². The normalized spacial score (nSPS) is 14.4. The number of carbonyl (C=O) groups is 9. The van der Waals surface area contributed by atoms with E-state index in [2.05, 4.69) is 41.9 Å². The smallest absolute Gasteiger partial charge is 0.325 e. The minimum atomic E-state index is -1.65. The van der Waals surface area contributed by atoms with Crippen LogP contribution in [0.5, 0.6) is 0 Å². The van der Waals surface area contributed by atoms with Crippen LogP contribution in [0.4, 0.5) is 0 Å². The van der Waals surface area contributed by atoms with Crippen molar-refractivity contribution in [2.24, 2.45) is 56.0 Å². The molecule has 0 saturated heterocycles. The summed E-state index contributed by atoms with van der Waals surface area (Å²) in [7, 11) is 0. The quantitative estimate of drug-likeness (QED) is 0.0198. The van der Waals surface area contributed by atoms with Crippen LogP contribution in [0.1, 0.15) is 79.1 Å². The summed E-state index contributed by atoms with van der Waals surface area (Å²) >= 11 is 0. The van der Waals surface area contributed by atoms with Crippen LogP contribution in [0.25, 0.3) is 0 Å². The molecule has 25 heteroatoms. The molecule has 0 radical (unpaired) electrons. The number of hydrogen-bond acceptors (Lipinski definition) is 12. The maximum absolute atomic E-state index is 13.6. The van der Waals surface area contributed by atoms with Gasteiger partial charge in [0, 0.05) is 19.5 Å². The molecule has 21 N–H and O–H groups in total. The fourth-order valence-electron chi connectivity index (χ4n) is 4.96. The number of hydrogen-bond donors (Lipinski definition) is 14. The highest BCUT2D eigenvalue weighted by atomic mass is 16.4. The van der Waals surface area contributed by atoms with Gasteiger partial charge in [0.25, 0.3) is 0 Å². The van der Waals surface area contributed by atoms with Crippen molar-refractivity contribution in [3.8, 4) is 0 Å². The summed E-state index contributed by atoms with van der Waals surface area (Å²) in [4.78, 5) is 122. The molecular formula is C33H61N15O10. The van der Waals surface area contributed by atoms with E-state index in [0.717, 1.165) is 0 Å². The zero-order chi connectivity index (χ0) is 44.7. The van der Waals surface area contributed by atoms with Gasteiger partial charge in [0.1, 0.15) is 36.3 Å². The molecule has 0 bridgehead atoms. The Bertz CT molecular complexity index is 1520. The second-order valence-electron chi connectivity index (χ2n) is 13.9. The van der Waals surface area contributed by atoms with Gasteiger partial charge in [0.05, 0.1) is 12.5 Å². The Morgan fingerprint density at radius 2 is 0.931 bits per heavy atom. The highest BCUT2D eigenvalue weighted by Crippen LogP contribution is 2.09. The van der Waals surface area contributed by atoms with Gasteiger partial charge in [-0.1, -0.05) is 13.8 Å². The van der Waals surface area contributed by atoms with Crippen molar-refractivity contribution in [3.63, 3.8) is 0 Å². The van der Waals surface area contributed by atoms with Crippen molar-refractivity contribution in [3.05, 3.63) is 0 Å². The topological polar surface area (TPSA) is 453 Å². The maximum atomic E-state index is 13.6. The highest BCUT2D eigenvalue weighted by molar-refractivity contribution is 5.98. The largest absolute Gasteiger partial charge is 0.480 e. The molecule has 7 atom stereocenters. The number of aliphatic carboxylic acids is 1. The third-order valence-corrected chi connectivity index (χ3v) is 8.05. The lowest BCUT2D eigenvalue weighted by Gasteiger charge is -2.27. The minimum Gasteiger partial charge on any atom is -0.480 e. The second-order valence-corrected chi connectivity index (χ2v) is 13.9. The van der Waals surface area contributed by atoms with Crippen molar-refractivity contribution >= 4 is 65.1 Å². The van der Waals surface area contributed by atoms with Gasteiger partial charge in [-0.3, -0.25) is 53.1 Å². The van der Waals surface area contributed by atoms with E-state index in [4.69, 9.17) is 40.1 Å². The van der Waals surface area contributed by atoms with Gasteiger partial charge in [0.15, 0.2) is 11.9 Å². The van der Waals surface area contributed by atoms with Crippen LogP contribution in [-0.2, 0) is 43.2 Å². The molecule has 0 unspecified atom stereocenters. The monoisotopic (exact) mass is 827 g/mol. The van der Waals surface area contributed by atoms with Crippen molar-refractivity contribution in [1.29, 1.82) is 0 Å². The molecule has 0 spiro atoms. The molecule has 0 aliphatic rings. The van der Waals surface area contributed by atoms with Gasteiger partial charge in [-0.2, -0.15) is 0 Å². The van der Waals surface area contributed by atoms with Crippen LogP contribution in [0, 0.1) is 5.92 Å². The number of carboxylic acids is 1. The van der Waals surface area contributed by atoms with Crippen molar-refractivity contribution in [1.82, 2.24) is 31.9 Å². The van der Waals surface area contributed by atoms with E-state index >= 15 is 0 Å². The SMILES string of the molecule is CC(C)C[C@H](NC(=O)[C@H](CC(N)=O)NC(=O)[C@H](C)NC(=O)[C@H](CCCN=C(N)N)NC(=O)[C@@H](N)CCC(N)=O)C(=O)N[C@@H](CCCN=C(N)N)C(=O)N[C@@H](C)C(=O)O. The number of nitrogens with one attached hydrogen (secondary N) is 6. The Labute approximate surface area is 335 Å². The lowest BCUT2D eigenvalue weighted by atomic mass is 10.0. The predicted molar refractivity (Wildman–Crippen MR) is 210 cm³/mol. The first-order valence-corrected chi connectivity index (χ1v) is 18.4. The lowest BCUT2D eigenvalue weighted by molar-refractivity contribution is -0.142. The third-order valence-electron chi connectivity index (χ3n) is 8.05. The van der Waals surface area contributed by atoms with E-state index in [9.17, 15) is 48.3 Å². The van der Waals surface area contributed by atoms with Gasteiger partial charge in [-0.05, 0) is 58.3 Å². The number of carboxylic acid groups (broad SMARTS) is 1. The minimum absolute atomic E-state index is 0.0115. The average molecular weight is 828 g/mol. The lowest BCUT2D eigenvalue weighted by Crippen LogP contribution is -2.60. The first-order valence-electron chi connectivity index (χ1n) is 18.4. The zero-order valence-corrected chi connectivity index (χ0v) is 33.2. The van der Waals surface area contributed by atoms with Crippen LogP contribution >= 0.6 is 0 Å². The number of nitrogens with zero attached hydrogens (tertiary/aromatic N) is 2. The first kappa shape index (κ1) is 51.7. The van der Waals surface area contributed by atoms with E-state index in [1.54, 1.807) is 13.8 Å². The van der Waals surface area contributed by atoms with E-state index < -0.39 is 102 Å². The Hall–Kier alpha value is -6.27. The molecule has 0 saturated carbocycles. The summed E-state index contributed by atoms with van der Waals surface area (Å²) in [5.41, 5.74) is 37.7. The number of rotatable bonds is 28. The third kappa shape index (κ3) is 22.3. The van der Waals surface area contributed by atoms with Gasteiger partial charge < -0.3 is 77.1 Å². The van der Waals surface area contributed by atoms with Crippen molar-refractivity contribution < 1.29 is 48.3 Å². The summed E-state index contributed by atoms with van der Waals surface area (Å²) < 4.78 is 0. The van der Waals surface area contributed by atoms with Crippen molar-refractivity contribution in [2.45, 2.75) is 121 Å². The molecule has 0 aromatic rings. The standard InChI is InChI=1S/C33H61N15O10/c1-15(2)13-21(29(55)46-20(8-6-12-42-33(39)40)28(54)44-17(4)31(57)58)48-30(56)22(14-24(36)50)47-25(51)16(3)43-27(53)19(7-5-11-41-32(37)38)45-26(52)18(34)9-10-23(35)49/h15-22H,5-14,34H2,1-4H3,(H2,35,49)(H2,36,50)(H,43,53)(H,44,54)(H,45,52)(H,46,55)(H,47,51)(H,48,56)(H,57,58)(H4,37,38,41)(H4,39,40,42)/t16-,17-,18-,19-,20-,21-,22-/m0/s1. The predicted octanol–water partition coefficient (Wildman–Crippen LogP) is -6.36. The van der Waals surface area contributed by atoms with Crippen LogP contribution in [0.2, 0.25) is 0 Å². The summed E-state index contributed by atoms with van der Waals surface area (Å²) in [5.74, 6) is -8.96. The molecule has 58 heavy (non-hydrogen) atoms. The Morgan fingerprint density at radius 1 is 0.517 bits per heavy atom. The van der Waals surface area contributed by atoms with E-state index in [1.807, 2.05) is 0 Å². The van der Waals surface area contributed by atoms with Crippen LogP contribution in [0.15, 0.2) is 9.98 Å². The van der Waals surface area contributed by atoms with Crippen LogP contribution in [0.3, 0.4) is 0 Å². The number of aliphatic imine (C=N–C) groups is 2. The number of primary amides is 2. The van der Waals surface area contributed by atoms with Gasteiger partial charge in [0.2, 0.25) is 47.3 Å². The molecule has 25 nitrogen and oxygen atoms in total. The van der Waals surface area contributed by atoms with Crippen LogP contribution in [-0.4, -0.2) is 126 Å². The molecular weight excluding hydrogens is 766 g/mol. The molecule has 0 heterocycles. The Morgan fingerprint density at radius 3 is 1.36 bits per heavy atom. The summed E-state index contributed by atoms with van der Waals surface area (Å²) in [5, 5.41) is 23.7. The average Bonchev–Trinajstić information content (AvgIpc) is 3.11. The fourth-order valence-corrected chi connectivity index (χ4v) is 4.96. The zero-order valence-electron chi connectivity index (χ0n) is 33.2.